The van der Waals surface area contributed by atoms with Crippen LogP contribution in [0.4, 0.5) is 13.2 Å². The molecule has 1 aromatic carbocycles. The number of rotatable bonds is 5. The molecule has 1 aliphatic heterocycles. The molecule has 1 amide bonds. The highest BCUT2D eigenvalue weighted by molar-refractivity contribution is 7.20. The van der Waals surface area contributed by atoms with Gasteiger partial charge in [0.15, 0.2) is 0 Å². The van der Waals surface area contributed by atoms with Crippen LogP contribution in [0.25, 0.3) is 15.9 Å². The summed E-state index contributed by atoms with van der Waals surface area (Å²) in [7, 11) is 0. The van der Waals surface area contributed by atoms with E-state index in [0.717, 1.165) is 30.4 Å². The van der Waals surface area contributed by atoms with Crippen molar-refractivity contribution in [2.75, 3.05) is 19.7 Å². The van der Waals surface area contributed by atoms with Crippen molar-refractivity contribution < 1.29 is 27.5 Å². The number of carbonyl (C=O) groups excluding carboxylic acids is 2. The van der Waals surface area contributed by atoms with E-state index in [2.05, 4.69) is 5.10 Å². The number of nitrogens with zero attached hydrogens (tertiary/aromatic N) is 3. The summed E-state index contributed by atoms with van der Waals surface area (Å²) in [6, 6.07) is 6.75. The Labute approximate surface area is 192 Å². The van der Waals surface area contributed by atoms with Crippen molar-refractivity contribution in [1.29, 1.82) is 0 Å². The van der Waals surface area contributed by atoms with Crippen molar-refractivity contribution in [3.8, 4) is 5.69 Å². The summed E-state index contributed by atoms with van der Waals surface area (Å²) in [6.45, 7) is 5.01. The standard InChI is InChI=1S/C23H24F3N3O3S/c1-3-32-20(30)11-15-7-9-28(10-8-15)21(31)19-13-18-14(2)27-29(22(18)33-19)17-6-4-5-16(12-17)23(24,25)26/h4-6,12-13,15H,3,7-11H2,1-2H3. The van der Waals surface area contributed by atoms with Crippen molar-refractivity contribution in [2.45, 2.75) is 39.3 Å². The zero-order valence-electron chi connectivity index (χ0n) is 18.3. The van der Waals surface area contributed by atoms with Gasteiger partial charge in [0.2, 0.25) is 0 Å². The first-order valence-electron chi connectivity index (χ1n) is 10.8. The second kappa shape index (κ2) is 9.17. The van der Waals surface area contributed by atoms with Crippen molar-refractivity contribution in [2.24, 2.45) is 5.92 Å². The molecule has 0 saturated carbocycles. The fraction of sp³-hybridized carbons (Fsp3) is 0.435. The Morgan fingerprint density at radius 2 is 1.94 bits per heavy atom. The fourth-order valence-electron chi connectivity index (χ4n) is 4.09. The molecular weight excluding hydrogens is 455 g/mol. The number of piperidine rings is 1. The molecule has 6 nitrogen and oxygen atoms in total. The number of benzene rings is 1. The number of halogens is 3. The number of aromatic nitrogens is 2. The quantitative estimate of drug-likeness (QED) is 0.471. The zero-order valence-corrected chi connectivity index (χ0v) is 19.1. The lowest BCUT2D eigenvalue weighted by Crippen LogP contribution is -2.38. The van der Waals surface area contributed by atoms with Gasteiger partial charge < -0.3 is 9.64 Å². The molecule has 1 aliphatic rings. The van der Waals surface area contributed by atoms with Crippen LogP contribution in [0.15, 0.2) is 30.3 Å². The van der Waals surface area contributed by atoms with Crippen LogP contribution < -0.4 is 0 Å². The van der Waals surface area contributed by atoms with Crippen molar-refractivity contribution in [3.05, 3.63) is 46.5 Å². The summed E-state index contributed by atoms with van der Waals surface area (Å²) in [6.07, 6.45) is -2.63. The molecule has 2 aromatic heterocycles. The Morgan fingerprint density at radius 3 is 2.61 bits per heavy atom. The number of esters is 1. The van der Waals surface area contributed by atoms with Crippen LogP contribution in [0.1, 0.15) is 47.1 Å². The van der Waals surface area contributed by atoms with E-state index in [4.69, 9.17) is 4.74 Å². The zero-order chi connectivity index (χ0) is 23.8. The fourth-order valence-corrected chi connectivity index (χ4v) is 5.24. The second-order valence-electron chi connectivity index (χ2n) is 8.12. The van der Waals surface area contributed by atoms with E-state index in [1.54, 1.807) is 30.9 Å². The maximum absolute atomic E-state index is 13.2. The molecule has 33 heavy (non-hydrogen) atoms. The molecule has 10 heteroatoms. The normalized spacial score (nSPS) is 15.2. The molecule has 0 aliphatic carbocycles. The molecule has 0 N–H and O–H groups in total. The Bertz CT molecular complexity index is 1180. The lowest BCUT2D eigenvalue weighted by molar-refractivity contribution is -0.144. The van der Waals surface area contributed by atoms with E-state index < -0.39 is 11.7 Å². The van der Waals surface area contributed by atoms with Gasteiger partial charge in [-0.05, 0) is 56.9 Å². The minimum Gasteiger partial charge on any atom is -0.466 e. The first kappa shape index (κ1) is 23.3. The Kier molecular flexibility index (Phi) is 6.47. The monoisotopic (exact) mass is 479 g/mol. The number of alkyl halides is 3. The van der Waals surface area contributed by atoms with Crippen molar-refractivity contribution in [1.82, 2.24) is 14.7 Å². The van der Waals surface area contributed by atoms with Crippen LogP contribution in [0.3, 0.4) is 0 Å². The van der Waals surface area contributed by atoms with Crippen LogP contribution in [-0.2, 0) is 15.7 Å². The highest BCUT2D eigenvalue weighted by Gasteiger charge is 2.31. The summed E-state index contributed by atoms with van der Waals surface area (Å²) in [4.78, 5) is 27.7. The maximum Gasteiger partial charge on any atom is 0.416 e. The average molecular weight is 480 g/mol. The van der Waals surface area contributed by atoms with Gasteiger partial charge in [-0.2, -0.15) is 18.3 Å². The summed E-state index contributed by atoms with van der Waals surface area (Å²) in [5.74, 6) is -0.116. The lowest BCUT2D eigenvalue weighted by Gasteiger charge is -2.31. The molecule has 1 fully saturated rings. The summed E-state index contributed by atoms with van der Waals surface area (Å²) in [5, 5.41) is 5.15. The third kappa shape index (κ3) is 4.90. The SMILES string of the molecule is CCOC(=O)CC1CCN(C(=O)c2cc3c(C)nn(-c4cccc(C(F)(F)F)c4)c3s2)CC1. The number of likely N-dealkylation sites (tertiary alicyclic amines) is 1. The summed E-state index contributed by atoms with van der Waals surface area (Å²) >= 11 is 1.23. The molecule has 4 rings (SSSR count). The van der Waals surface area contributed by atoms with Crippen LogP contribution in [0, 0.1) is 12.8 Å². The number of ether oxygens (including phenoxy) is 1. The number of amides is 1. The molecule has 176 valence electrons. The van der Waals surface area contributed by atoms with Gasteiger partial charge in [-0.15, -0.1) is 11.3 Å². The van der Waals surface area contributed by atoms with Crippen LogP contribution >= 0.6 is 11.3 Å². The Morgan fingerprint density at radius 1 is 1.21 bits per heavy atom. The third-order valence-electron chi connectivity index (χ3n) is 5.84. The number of thiophene rings is 1. The number of carbonyl (C=O) groups is 2. The second-order valence-corrected chi connectivity index (χ2v) is 9.15. The molecule has 0 spiro atoms. The van der Waals surface area contributed by atoms with E-state index in [0.29, 0.717) is 47.2 Å². The molecule has 0 unspecified atom stereocenters. The van der Waals surface area contributed by atoms with Gasteiger partial charge in [-0.25, -0.2) is 4.68 Å². The van der Waals surface area contributed by atoms with Crippen LogP contribution in [-0.4, -0.2) is 46.3 Å². The van der Waals surface area contributed by atoms with Gasteiger partial charge in [0.25, 0.3) is 5.91 Å². The molecule has 0 atom stereocenters. The molecule has 1 saturated heterocycles. The van der Waals surface area contributed by atoms with Crippen molar-refractivity contribution in [3.63, 3.8) is 0 Å². The summed E-state index contributed by atoms with van der Waals surface area (Å²) in [5.41, 5.74) is 0.189. The lowest BCUT2D eigenvalue weighted by atomic mass is 9.93. The maximum atomic E-state index is 13.2. The minimum absolute atomic E-state index is 0.110. The predicted octanol–water partition coefficient (Wildman–Crippen LogP) is 5.22. The number of aryl methyl sites for hydroxylation is 1. The van der Waals surface area contributed by atoms with Crippen molar-refractivity contribution >= 4 is 33.4 Å². The van der Waals surface area contributed by atoms with Gasteiger partial charge >= 0.3 is 12.1 Å². The van der Waals surface area contributed by atoms with E-state index in [1.807, 2.05) is 0 Å². The number of hydrogen-bond acceptors (Lipinski definition) is 5. The summed E-state index contributed by atoms with van der Waals surface area (Å²) < 4.78 is 45.9. The topological polar surface area (TPSA) is 64.4 Å². The first-order chi connectivity index (χ1) is 15.7. The molecule has 0 radical (unpaired) electrons. The average Bonchev–Trinajstić information content (AvgIpc) is 3.34. The molecule has 3 heterocycles. The van der Waals surface area contributed by atoms with E-state index >= 15 is 0 Å². The van der Waals surface area contributed by atoms with E-state index in [9.17, 15) is 22.8 Å². The number of hydrogen-bond donors (Lipinski definition) is 0. The number of fused-ring (bicyclic) bond motifs is 1. The highest BCUT2D eigenvalue weighted by Crippen LogP contribution is 2.34. The highest BCUT2D eigenvalue weighted by atomic mass is 32.1. The van der Waals surface area contributed by atoms with E-state index in [-0.39, 0.29) is 17.8 Å². The molecular formula is C23H24F3N3O3S. The largest absolute Gasteiger partial charge is 0.466 e. The third-order valence-corrected chi connectivity index (χ3v) is 6.93. The first-order valence-corrected chi connectivity index (χ1v) is 11.6. The van der Waals surface area contributed by atoms with Gasteiger partial charge in [0.1, 0.15) is 4.83 Å². The smallest absolute Gasteiger partial charge is 0.416 e. The van der Waals surface area contributed by atoms with Gasteiger partial charge in [-0.3, -0.25) is 9.59 Å². The van der Waals surface area contributed by atoms with Crippen LogP contribution in [0.2, 0.25) is 0 Å². The Balaban J connectivity index is 1.53. The van der Waals surface area contributed by atoms with E-state index in [1.165, 1.54) is 22.1 Å². The molecule has 3 aromatic rings. The predicted molar refractivity (Wildman–Crippen MR) is 119 cm³/mol. The minimum atomic E-state index is -4.45. The van der Waals surface area contributed by atoms with Crippen LogP contribution in [0.5, 0.6) is 0 Å². The van der Waals surface area contributed by atoms with Gasteiger partial charge in [0, 0.05) is 24.9 Å². The molecule has 0 bridgehead atoms. The van der Waals surface area contributed by atoms with Gasteiger partial charge in [0.05, 0.1) is 28.4 Å². The van der Waals surface area contributed by atoms with Gasteiger partial charge in [-0.1, -0.05) is 6.07 Å². The Hall–Kier alpha value is -2.88.